The van der Waals surface area contributed by atoms with Gasteiger partial charge in [0, 0.05) is 35.1 Å². The highest BCUT2D eigenvalue weighted by atomic mass is 16.2. The van der Waals surface area contributed by atoms with E-state index in [1.807, 2.05) is 24.3 Å². The maximum Gasteiger partial charge on any atom is 0.255 e. The number of carbonyl (C=O) groups excluding carboxylic acids is 2. The molecule has 5 heteroatoms. The Balaban J connectivity index is 1.52. The summed E-state index contributed by atoms with van der Waals surface area (Å²) in [6, 6.07) is 14.7. The summed E-state index contributed by atoms with van der Waals surface area (Å²) in [6.07, 6.45) is 9.10. The van der Waals surface area contributed by atoms with Crippen LogP contribution in [0.2, 0.25) is 0 Å². The summed E-state index contributed by atoms with van der Waals surface area (Å²) in [6.45, 7) is 3.11. The summed E-state index contributed by atoms with van der Waals surface area (Å²) in [5.74, 6) is -0.103. The number of unbranched alkanes of at least 4 members (excludes halogenated alkanes) is 1. The smallest absolute Gasteiger partial charge is 0.255 e. The molecule has 0 spiro atoms. The van der Waals surface area contributed by atoms with Crippen LogP contribution in [0.25, 0.3) is 0 Å². The first-order valence-corrected chi connectivity index (χ1v) is 10.4. The molecule has 0 fully saturated rings. The molecule has 1 aliphatic rings. The molecule has 2 amide bonds. The zero-order valence-corrected chi connectivity index (χ0v) is 16.9. The first-order chi connectivity index (χ1) is 14.2. The van der Waals surface area contributed by atoms with E-state index in [0.717, 1.165) is 50.0 Å². The summed E-state index contributed by atoms with van der Waals surface area (Å²) in [5, 5.41) is 9.20. The lowest BCUT2D eigenvalue weighted by Gasteiger charge is -2.17. The van der Waals surface area contributed by atoms with E-state index in [1.165, 1.54) is 0 Å². The van der Waals surface area contributed by atoms with Gasteiger partial charge in [-0.3, -0.25) is 9.59 Å². The number of benzene rings is 2. The fourth-order valence-electron chi connectivity index (χ4n) is 3.27. The van der Waals surface area contributed by atoms with Crippen LogP contribution in [0.1, 0.15) is 49.4 Å². The van der Waals surface area contributed by atoms with Gasteiger partial charge >= 0.3 is 0 Å². The second-order valence-corrected chi connectivity index (χ2v) is 7.36. The minimum Gasteiger partial charge on any atom is -0.385 e. The summed E-state index contributed by atoms with van der Waals surface area (Å²) >= 11 is 0. The number of allylic oxidation sites excluding steroid dienone is 2. The van der Waals surface area contributed by atoms with E-state index in [2.05, 4.69) is 35.0 Å². The summed E-state index contributed by atoms with van der Waals surface area (Å²) in [7, 11) is 0. The first kappa shape index (κ1) is 20.6. The van der Waals surface area contributed by atoms with Gasteiger partial charge in [0.15, 0.2) is 0 Å². The van der Waals surface area contributed by atoms with Crippen molar-refractivity contribution < 1.29 is 9.59 Å². The largest absolute Gasteiger partial charge is 0.385 e. The highest BCUT2D eigenvalue weighted by Gasteiger charge is 2.18. The van der Waals surface area contributed by atoms with Gasteiger partial charge in [0.1, 0.15) is 0 Å². The number of nitrogens with one attached hydrogen (secondary N) is 3. The molecule has 0 aromatic heterocycles. The Kier molecular flexibility index (Phi) is 7.45. The quantitative estimate of drug-likeness (QED) is 0.414. The third-order valence-electron chi connectivity index (χ3n) is 5.06. The van der Waals surface area contributed by atoms with Gasteiger partial charge in [-0.2, -0.15) is 0 Å². The minimum atomic E-state index is -0.174. The molecule has 5 nitrogen and oxygen atoms in total. The Hall–Kier alpha value is -3.08. The van der Waals surface area contributed by atoms with Gasteiger partial charge in [-0.1, -0.05) is 25.5 Å². The molecular weight excluding hydrogens is 362 g/mol. The predicted molar refractivity (Wildman–Crippen MR) is 119 cm³/mol. The highest BCUT2D eigenvalue weighted by molar-refractivity contribution is 6.04. The van der Waals surface area contributed by atoms with Crippen LogP contribution < -0.4 is 16.0 Å². The molecule has 0 heterocycles. The predicted octanol–water partition coefficient (Wildman–Crippen LogP) is 5.45. The molecule has 29 heavy (non-hydrogen) atoms. The van der Waals surface area contributed by atoms with Crippen LogP contribution in [-0.4, -0.2) is 18.4 Å². The lowest BCUT2D eigenvalue weighted by atomic mass is 9.93. The second-order valence-electron chi connectivity index (χ2n) is 7.36. The Morgan fingerprint density at radius 1 is 0.897 bits per heavy atom. The third kappa shape index (κ3) is 6.21. The molecule has 0 saturated carbocycles. The SMILES string of the molecule is CCCCNc1ccc(NC(=O)c2ccc(NC(=O)C3CC=CCC3)cc2)cc1. The maximum atomic E-state index is 12.5. The minimum absolute atomic E-state index is 0.0300. The van der Waals surface area contributed by atoms with Crippen molar-refractivity contribution >= 4 is 28.9 Å². The number of anilines is 3. The van der Waals surface area contributed by atoms with Gasteiger partial charge in [0.05, 0.1) is 0 Å². The molecule has 3 rings (SSSR count). The van der Waals surface area contributed by atoms with Crippen LogP contribution in [0.4, 0.5) is 17.1 Å². The van der Waals surface area contributed by atoms with Gasteiger partial charge < -0.3 is 16.0 Å². The molecule has 3 N–H and O–H groups in total. The van der Waals surface area contributed by atoms with Crippen LogP contribution in [0, 0.1) is 5.92 Å². The second kappa shape index (κ2) is 10.5. The number of hydrogen-bond donors (Lipinski definition) is 3. The third-order valence-corrected chi connectivity index (χ3v) is 5.06. The Morgan fingerprint density at radius 2 is 1.55 bits per heavy atom. The fraction of sp³-hybridized carbons (Fsp3) is 0.333. The van der Waals surface area contributed by atoms with Crippen LogP contribution in [0.15, 0.2) is 60.7 Å². The number of hydrogen-bond acceptors (Lipinski definition) is 3. The average molecular weight is 392 g/mol. The van der Waals surface area contributed by atoms with Crippen molar-refractivity contribution in [1.82, 2.24) is 0 Å². The molecule has 0 aliphatic heterocycles. The highest BCUT2D eigenvalue weighted by Crippen LogP contribution is 2.21. The van der Waals surface area contributed by atoms with Crippen LogP contribution >= 0.6 is 0 Å². The maximum absolute atomic E-state index is 12.5. The standard InChI is InChI=1S/C24H29N3O2/c1-2-3-17-25-20-13-15-22(16-14-20)27-24(29)19-9-11-21(12-10-19)26-23(28)18-7-5-4-6-8-18/h4-5,9-16,18,25H,2-3,6-8,17H2,1H3,(H,26,28)(H,27,29). The van der Waals surface area contributed by atoms with Gasteiger partial charge in [-0.15, -0.1) is 0 Å². The van der Waals surface area contributed by atoms with Crippen molar-refractivity contribution in [1.29, 1.82) is 0 Å². The molecule has 2 aromatic carbocycles. The lowest BCUT2D eigenvalue weighted by Crippen LogP contribution is -2.23. The number of amides is 2. The fourth-order valence-corrected chi connectivity index (χ4v) is 3.27. The monoisotopic (exact) mass is 391 g/mol. The summed E-state index contributed by atoms with van der Waals surface area (Å²) in [5.41, 5.74) is 3.06. The van der Waals surface area contributed by atoms with Crippen molar-refractivity contribution in [2.24, 2.45) is 5.92 Å². The zero-order valence-electron chi connectivity index (χ0n) is 16.9. The van der Waals surface area contributed by atoms with E-state index in [9.17, 15) is 9.59 Å². The summed E-state index contributed by atoms with van der Waals surface area (Å²) in [4.78, 5) is 24.8. The lowest BCUT2D eigenvalue weighted by molar-refractivity contribution is -0.120. The molecule has 2 aromatic rings. The molecule has 1 aliphatic carbocycles. The molecule has 0 saturated heterocycles. The zero-order chi connectivity index (χ0) is 20.5. The van der Waals surface area contributed by atoms with Crippen LogP contribution in [0.5, 0.6) is 0 Å². The van der Waals surface area contributed by atoms with E-state index in [4.69, 9.17) is 0 Å². The molecule has 0 bridgehead atoms. The van der Waals surface area contributed by atoms with Crippen molar-refractivity contribution in [2.45, 2.75) is 39.0 Å². The normalized spacial score (nSPS) is 15.6. The van der Waals surface area contributed by atoms with Crippen molar-refractivity contribution in [2.75, 3.05) is 22.5 Å². The van der Waals surface area contributed by atoms with Crippen molar-refractivity contribution in [3.63, 3.8) is 0 Å². The molecular formula is C24H29N3O2. The Labute approximate surface area is 172 Å². The molecule has 152 valence electrons. The van der Waals surface area contributed by atoms with Crippen LogP contribution in [0.3, 0.4) is 0 Å². The van der Waals surface area contributed by atoms with Gasteiger partial charge in [-0.25, -0.2) is 0 Å². The van der Waals surface area contributed by atoms with E-state index < -0.39 is 0 Å². The molecule has 1 unspecified atom stereocenters. The first-order valence-electron chi connectivity index (χ1n) is 10.4. The number of rotatable bonds is 8. The van der Waals surface area contributed by atoms with E-state index in [-0.39, 0.29) is 17.7 Å². The van der Waals surface area contributed by atoms with Crippen molar-refractivity contribution in [3.05, 3.63) is 66.2 Å². The molecule has 1 atom stereocenters. The Bertz CT molecular complexity index is 841. The van der Waals surface area contributed by atoms with E-state index >= 15 is 0 Å². The van der Waals surface area contributed by atoms with E-state index in [0.29, 0.717) is 11.3 Å². The van der Waals surface area contributed by atoms with Gasteiger partial charge in [0.25, 0.3) is 5.91 Å². The topological polar surface area (TPSA) is 70.2 Å². The average Bonchev–Trinajstić information content (AvgIpc) is 2.76. The van der Waals surface area contributed by atoms with Gasteiger partial charge in [-0.05, 0) is 74.2 Å². The Morgan fingerprint density at radius 3 is 2.21 bits per heavy atom. The van der Waals surface area contributed by atoms with E-state index in [1.54, 1.807) is 24.3 Å². The number of carbonyl (C=O) groups is 2. The van der Waals surface area contributed by atoms with Crippen molar-refractivity contribution in [3.8, 4) is 0 Å². The van der Waals surface area contributed by atoms with Gasteiger partial charge in [0.2, 0.25) is 5.91 Å². The molecule has 0 radical (unpaired) electrons. The summed E-state index contributed by atoms with van der Waals surface area (Å²) < 4.78 is 0. The van der Waals surface area contributed by atoms with Crippen LogP contribution in [-0.2, 0) is 4.79 Å².